The predicted molar refractivity (Wildman–Crippen MR) is 90.3 cm³/mol. The number of hydrogen-bond donors (Lipinski definition) is 2. The number of aliphatic hydroxyl groups is 1. The van der Waals surface area contributed by atoms with Crippen LogP contribution in [-0.2, 0) is 14.3 Å². The zero-order valence-corrected chi connectivity index (χ0v) is 17.9. The van der Waals surface area contributed by atoms with Gasteiger partial charge in [-0.2, -0.15) is 0 Å². The number of carboxylic acid groups (broad SMARTS) is 1. The second-order valence-electron chi connectivity index (χ2n) is 6.70. The van der Waals surface area contributed by atoms with Crippen LogP contribution in [0.25, 0.3) is 0 Å². The molecule has 26 heavy (non-hydrogen) atoms. The number of nitrogens with two attached hydrogens (primary N) is 1. The van der Waals surface area contributed by atoms with E-state index in [2.05, 4.69) is 4.99 Å². The Hall–Kier alpha value is -0.580. The molecule has 2 fully saturated rings. The first-order valence-corrected chi connectivity index (χ1v) is 9.19. The summed E-state index contributed by atoms with van der Waals surface area (Å²) >= 11 is 1.44. The van der Waals surface area contributed by atoms with Crippen LogP contribution in [0.15, 0.2) is 15.6 Å². The summed E-state index contributed by atoms with van der Waals surface area (Å²) in [5.41, 5.74) is 5.19. The average Bonchev–Trinajstić information content (AvgIpc) is 3.08. The van der Waals surface area contributed by atoms with E-state index < -0.39 is 18.0 Å². The number of amides is 1. The number of fused-ring (bicyclic) bond motifs is 1. The van der Waals surface area contributed by atoms with Crippen LogP contribution in [0.3, 0.4) is 0 Å². The fourth-order valence-electron chi connectivity index (χ4n) is 3.91. The monoisotopic (exact) mass is 391 g/mol. The molecule has 0 radical (unpaired) electrons. The van der Waals surface area contributed by atoms with Gasteiger partial charge in [0.25, 0.3) is 0 Å². The van der Waals surface area contributed by atoms with Crippen LogP contribution in [0.1, 0.15) is 20.3 Å². The van der Waals surface area contributed by atoms with Crippen molar-refractivity contribution >= 4 is 30.0 Å². The Morgan fingerprint density at radius 2 is 2.31 bits per heavy atom. The second kappa shape index (κ2) is 8.62. The SMILES string of the molecule is C[C@@H](O)[C@H]1C(=O)N2C(C(=O)[O-])=C(SC3COC(CN=CN)C3)[C@H](C)[C@H]12.[Na+]. The minimum atomic E-state index is -1.35. The number of carbonyl (C=O) groups excluding carboxylic acids is 2. The minimum Gasteiger partial charge on any atom is -0.543 e. The summed E-state index contributed by atoms with van der Waals surface area (Å²) in [4.78, 5) is 29.8. The number of aliphatic carboxylic acids is 1. The molecule has 0 aromatic rings. The van der Waals surface area contributed by atoms with Crippen LogP contribution < -0.4 is 40.4 Å². The molecule has 8 nitrogen and oxygen atoms in total. The largest absolute Gasteiger partial charge is 1.00 e. The summed E-state index contributed by atoms with van der Waals surface area (Å²) < 4.78 is 5.66. The standard InChI is InChI=1S/C16H23N3O5S.Na/c1-7-12-11(8(2)20)15(21)19(12)13(16(22)23)14(7)25-10-3-9(24-5-10)4-18-6-17;/h6-12,20H,3-5H2,1-2H3,(H2,17,18)(H,22,23);/q;+1/p-1/t7-,8-,9?,10?,11-,12-;/m1./s1. The molecule has 3 N–H and O–H groups in total. The van der Waals surface area contributed by atoms with Crippen molar-refractivity contribution in [3.63, 3.8) is 0 Å². The number of nitrogens with zero attached hydrogens (tertiary/aromatic N) is 2. The third kappa shape index (κ3) is 3.70. The smallest absolute Gasteiger partial charge is 0.543 e. The maximum Gasteiger partial charge on any atom is 1.00 e. The number of aliphatic imine (C=N–C) groups is 1. The molecule has 0 aromatic heterocycles. The molecule has 3 aliphatic heterocycles. The van der Waals surface area contributed by atoms with Gasteiger partial charge in [-0.25, -0.2) is 0 Å². The summed E-state index contributed by atoms with van der Waals surface area (Å²) in [6, 6.07) is -0.317. The first-order chi connectivity index (χ1) is 11.9. The molecule has 1 amide bonds. The number of β-lactam (4-membered cyclic amide) rings is 1. The molecule has 3 aliphatic rings. The molecule has 0 spiro atoms. The molecule has 3 rings (SSSR count). The van der Waals surface area contributed by atoms with Gasteiger partial charge >= 0.3 is 29.6 Å². The number of carboxylic acids is 1. The van der Waals surface area contributed by atoms with Crippen LogP contribution in [0.2, 0.25) is 0 Å². The van der Waals surface area contributed by atoms with E-state index in [1.54, 1.807) is 6.92 Å². The van der Waals surface area contributed by atoms with Crippen LogP contribution in [-0.4, -0.2) is 64.9 Å². The van der Waals surface area contributed by atoms with Crippen LogP contribution in [0.5, 0.6) is 0 Å². The fraction of sp³-hybridized carbons (Fsp3) is 0.688. The Kier molecular flexibility index (Phi) is 7.20. The Morgan fingerprint density at radius 1 is 1.62 bits per heavy atom. The summed E-state index contributed by atoms with van der Waals surface area (Å²) in [5.74, 6) is -2.41. The van der Waals surface area contributed by atoms with Gasteiger partial charge in [0.2, 0.25) is 5.91 Å². The summed E-state index contributed by atoms with van der Waals surface area (Å²) in [6.07, 6.45) is 1.13. The number of rotatable bonds is 6. The number of hydrogen-bond acceptors (Lipinski definition) is 7. The van der Waals surface area contributed by atoms with Crippen molar-refractivity contribution in [3.05, 3.63) is 10.6 Å². The van der Waals surface area contributed by atoms with Gasteiger partial charge < -0.3 is 30.4 Å². The predicted octanol–water partition coefficient (Wildman–Crippen LogP) is -4.31. The van der Waals surface area contributed by atoms with E-state index >= 15 is 0 Å². The third-order valence-electron chi connectivity index (χ3n) is 5.05. The van der Waals surface area contributed by atoms with Crippen molar-refractivity contribution in [2.45, 2.75) is 43.8 Å². The summed E-state index contributed by atoms with van der Waals surface area (Å²) in [7, 11) is 0. The van der Waals surface area contributed by atoms with Gasteiger partial charge in [-0.1, -0.05) is 6.92 Å². The fourth-order valence-corrected chi connectivity index (χ4v) is 5.37. The van der Waals surface area contributed by atoms with E-state index in [1.807, 2.05) is 6.92 Å². The van der Waals surface area contributed by atoms with E-state index in [4.69, 9.17) is 10.5 Å². The molecule has 2 unspecified atom stereocenters. The van der Waals surface area contributed by atoms with Crippen molar-refractivity contribution in [2.75, 3.05) is 13.2 Å². The molecule has 10 heteroatoms. The maximum absolute atomic E-state index is 12.3. The van der Waals surface area contributed by atoms with Crippen LogP contribution in [0, 0.1) is 11.8 Å². The zero-order chi connectivity index (χ0) is 18.3. The van der Waals surface area contributed by atoms with Crippen molar-refractivity contribution in [2.24, 2.45) is 22.6 Å². The molecule has 6 atom stereocenters. The first-order valence-electron chi connectivity index (χ1n) is 8.31. The Labute approximate surface area is 178 Å². The van der Waals surface area contributed by atoms with Crippen molar-refractivity contribution in [3.8, 4) is 0 Å². The van der Waals surface area contributed by atoms with Crippen molar-refractivity contribution in [1.82, 2.24) is 4.90 Å². The molecular weight excluding hydrogens is 369 g/mol. The van der Waals surface area contributed by atoms with Gasteiger partial charge in [0.1, 0.15) is 0 Å². The maximum atomic E-state index is 12.3. The minimum absolute atomic E-state index is 0. The molecule has 138 valence electrons. The van der Waals surface area contributed by atoms with Crippen LogP contribution in [0.4, 0.5) is 0 Å². The third-order valence-corrected chi connectivity index (χ3v) is 6.53. The molecular formula is C16H22N3NaO5S. The second-order valence-corrected chi connectivity index (χ2v) is 8.04. The quantitative estimate of drug-likeness (QED) is 0.203. The number of thioether (sulfide) groups is 1. The van der Waals surface area contributed by atoms with E-state index in [1.165, 1.54) is 23.0 Å². The van der Waals surface area contributed by atoms with Gasteiger partial charge in [-0.05, 0) is 13.3 Å². The van der Waals surface area contributed by atoms with Crippen molar-refractivity contribution < 1.29 is 54.1 Å². The molecule has 0 bridgehead atoms. The van der Waals surface area contributed by atoms with Gasteiger partial charge in [0.05, 0.1) is 55.3 Å². The number of carbonyl (C=O) groups is 2. The summed E-state index contributed by atoms with van der Waals surface area (Å²) in [6.45, 7) is 4.42. The van der Waals surface area contributed by atoms with E-state index in [0.29, 0.717) is 18.1 Å². The molecule has 0 aliphatic carbocycles. The zero-order valence-electron chi connectivity index (χ0n) is 15.1. The van der Waals surface area contributed by atoms with Crippen molar-refractivity contribution in [1.29, 1.82) is 0 Å². The van der Waals surface area contributed by atoms with E-state index in [9.17, 15) is 19.8 Å². The Bertz CT molecular complexity index is 641. The van der Waals surface area contributed by atoms with Gasteiger partial charge in [-0.3, -0.25) is 9.79 Å². The Morgan fingerprint density at radius 3 is 2.88 bits per heavy atom. The number of aliphatic hydroxyl groups excluding tert-OH is 1. The van der Waals surface area contributed by atoms with E-state index in [0.717, 1.165) is 6.42 Å². The van der Waals surface area contributed by atoms with Gasteiger partial charge in [0.15, 0.2) is 0 Å². The van der Waals surface area contributed by atoms with Gasteiger partial charge in [-0.15, -0.1) is 11.8 Å². The normalized spacial score (nSPS) is 34.7. The van der Waals surface area contributed by atoms with Crippen LogP contribution >= 0.6 is 11.8 Å². The van der Waals surface area contributed by atoms with Gasteiger partial charge in [0, 0.05) is 16.1 Å². The molecule has 2 saturated heterocycles. The Balaban J connectivity index is 0.00000243. The number of ether oxygens (including phenoxy) is 1. The first kappa shape index (κ1) is 21.7. The molecule has 3 heterocycles. The summed E-state index contributed by atoms with van der Waals surface area (Å²) in [5, 5.41) is 21.6. The van der Waals surface area contributed by atoms with E-state index in [-0.39, 0.29) is 64.5 Å². The molecule has 0 aromatic carbocycles. The molecule has 0 saturated carbocycles. The average molecular weight is 391 g/mol. The topological polar surface area (TPSA) is 128 Å².